The summed E-state index contributed by atoms with van der Waals surface area (Å²) in [6.45, 7) is 0. The lowest BCUT2D eigenvalue weighted by Crippen LogP contribution is -2.00. The zero-order chi connectivity index (χ0) is 14.2. The summed E-state index contributed by atoms with van der Waals surface area (Å²) in [6, 6.07) is 14.8. The number of nitriles is 1. The quantitative estimate of drug-likeness (QED) is 0.721. The van der Waals surface area contributed by atoms with Crippen molar-refractivity contribution < 1.29 is 0 Å². The van der Waals surface area contributed by atoms with Gasteiger partial charge in [0.2, 0.25) is 0 Å². The van der Waals surface area contributed by atoms with Gasteiger partial charge >= 0.3 is 0 Å². The molecule has 0 N–H and O–H groups in total. The molecular weight excluding hydrogens is 284 g/mol. The Labute approximate surface area is 128 Å². The van der Waals surface area contributed by atoms with Crippen molar-refractivity contribution >= 4 is 21.6 Å². The van der Waals surface area contributed by atoms with Crippen LogP contribution in [-0.2, 0) is 0 Å². The van der Waals surface area contributed by atoms with E-state index < -0.39 is 0 Å². The van der Waals surface area contributed by atoms with Gasteiger partial charge in [0.25, 0.3) is 0 Å². The molecule has 102 valence electrons. The largest absolute Gasteiger partial charge is 0.265 e. The van der Waals surface area contributed by atoms with Crippen LogP contribution >= 0.6 is 21.6 Å². The Morgan fingerprint density at radius 1 is 1.20 bits per heavy atom. The Kier molecular flexibility index (Phi) is 5.97. The van der Waals surface area contributed by atoms with Crippen LogP contribution in [0.2, 0.25) is 0 Å². The standard InChI is InChI=1S/C16H16N2S2/c1-19-20-12-16(5-8-17)15-4-2-3-14(11-15)13-6-9-18-10-7-13/h2-4,6-7,9-11,16H,5,12H2,1H3. The van der Waals surface area contributed by atoms with Crippen LogP contribution < -0.4 is 0 Å². The average molecular weight is 300 g/mol. The van der Waals surface area contributed by atoms with Crippen LogP contribution in [0.25, 0.3) is 11.1 Å². The van der Waals surface area contributed by atoms with Gasteiger partial charge < -0.3 is 0 Å². The third-order valence-corrected chi connectivity index (χ3v) is 4.99. The van der Waals surface area contributed by atoms with E-state index in [0.717, 1.165) is 11.3 Å². The smallest absolute Gasteiger partial charge is 0.0628 e. The molecular formula is C16H16N2S2. The fourth-order valence-electron chi connectivity index (χ4n) is 2.05. The third-order valence-electron chi connectivity index (χ3n) is 3.10. The molecule has 1 aromatic carbocycles. The molecule has 0 spiro atoms. The molecule has 0 aliphatic heterocycles. The summed E-state index contributed by atoms with van der Waals surface area (Å²) in [5, 5.41) is 9.01. The van der Waals surface area contributed by atoms with Gasteiger partial charge in [-0.25, -0.2) is 0 Å². The van der Waals surface area contributed by atoms with Crippen molar-refractivity contribution in [2.45, 2.75) is 12.3 Å². The van der Waals surface area contributed by atoms with Gasteiger partial charge in [0.15, 0.2) is 0 Å². The molecule has 0 fully saturated rings. The fraction of sp³-hybridized carbons (Fsp3) is 0.250. The van der Waals surface area contributed by atoms with E-state index in [9.17, 15) is 0 Å². The summed E-state index contributed by atoms with van der Waals surface area (Å²) in [5.74, 6) is 1.26. The van der Waals surface area contributed by atoms with E-state index in [2.05, 4.69) is 41.6 Å². The van der Waals surface area contributed by atoms with Crippen LogP contribution in [0.15, 0.2) is 48.8 Å². The van der Waals surface area contributed by atoms with Gasteiger partial charge in [-0.3, -0.25) is 4.98 Å². The van der Waals surface area contributed by atoms with Gasteiger partial charge in [0.1, 0.15) is 0 Å². The van der Waals surface area contributed by atoms with Gasteiger partial charge in [-0.05, 0) is 35.1 Å². The molecule has 20 heavy (non-hydrogen) atoms. The lowest BCUT2D eigenvalue weighted by molar-refractivity contribution is 0.803. The van der Waals surface area contributed by atoms with E-state index in [0.29, 0.717) is 12.3 Å². The second-order valence-electron chi connectivity index (χ2n) is 4.37. The molecule has 0 radical (unpaired) electrons. The van der Waals surface area contributed by atoms with E-state index in [1.54, 1.807) is 23.2 Å². The molecule has 2 aromatic rings. The summed E-state index contributed by atoms with van der Waals surface area (Å²) >= 11 is 0. The van der Waals surface area contributed by atoms with Crippen molar-refractivity contribution in [1.29, 1.82) is 5.26 Å². The minimum Gasteiger partial charge on any atom is -0.265 e. The maximum Gasteiger partial charge on any atom is 0.0628 e. The minimum atomic E-state index is 0.291. The van der Waals surface area contributed by atoms with Crippen LogP contribution in [0, 0.1) is 11.3 Å². The van der Waals surface area contributed by atoms with Crippen LogP contribution in [0.1, 0.15) is 17.9 Å². The SMILES string of the molecule is CSSCC(CC#N)c1cccc(-c2ccncc2)c1. The Morgan fingerprint density at radius 2 is 2.00 bits per heavy atom. The van der Waals surface area contributed by atoms with Gasteiger partial charge in [-0.1, -0.05) is 45.9 Å². The second kappa shape index (κ2) is 7.98. The Bertz CT molecular complexity index is 579. The minimum absolute atomic E-state index is 0.291. The van der Waals surface area contributed by atoms with Gasteiger partial charge in [0, 0.05) is 30.5 Å². The lowest BCUT2D eigenvalue weighted by atomic mass is 9.95. The molecule has 1 aromatic heterocycles. The zero-order valence-corrected chi connectivity index (χ0v) is 13.0. The van der Waals surface area contributed by atoms with Gasteiger partial charge in [-0.15, -0.1) is 0 Å². The molecule has 0 bridgehead atoms. The first kappa shape index (κ1) is 15.0. The summed E-state index contributed by atoms with van der Waals surface area (Å²) in [7, 11) is 3.56. The molecule has 2 nitrogen and oxygen atoms in total. The summed E-state index contributed by atoms with van der Waals surface area (Å²) in [6.07, 6.45) is 6.24. The van der Waals surface area contributed by atoms with Crippen LogP contribution in [0.4, 0.5) is 0 Å². The molecule has 1 unspecified atom stereocenters. The fourth-order valence-corrected chi connectivity index (χ4v) is 3.56. The van der Waals surface area contributed by atoms with E-state index >= 15 is 0 Å². The average Bonchev–Trinajstić information content (AvgIpc) is 2.52. The van der Waals surface area contributed by atoms with E-state index in [4.69, 9.17) is 5.26 Å². The van der Waals surface area contributed by atoms with Crippen molar-refractivity contribution in [3.63, 3.8) is 0 Å². The molecule has 0 saturated heterocycles. The molecule has 1 heterocycles. The summed E-state index contributed by atoms with van der Waals surface area (Å²) in [4.78, 5) is 4.05. The second-order valence-corrected chi connectivity index (χ2v) is 6.98. The summed E-state index contributed by atoms with van der Waals surface area (Å²) in [5.41, 5.74) is 3.58. The van der Waals surface area contributed by atoms with Crippen molar-refractivity contribution in [2.75, 3.05) is 12.0 Å². The Hall–Kier alpha value is -1.44. The van der Waals surface area contributed by atoms with Crippen LogP contribution in [0.5, 0.6) is 0 Å². The normalized spacial score (nSPS) is 11.8. The number of hydrogen-bond donors (Lipinski definition) is 0. The molecule has 0 aliphatic carbocycles. The molecule has 4 heteroatoms. The third kappa shape index (κ3) is 4.03. The number of hydrogen-bond acceptors (Lipinski definition) is 4. The van der Waals surface area contributed by atoms with Gasteiger partial charge in [-0.2, -0.15) is 5.26 Å². The van der Waals surface area contributed by atoms with Crippen molar-refractivity contribution in [3.05, 3.63) is 54.4 Å². The predicted molar refractivity (Wildman–Crippen MR) is 88.6 cm³/mol. The molecule has 0 saturated carbocycles. The number of aromatic nitrogens is 1. The highest BCUT2D eigenvalue weighted by Gasteiger charge is 2.12. The first-order valence-corrected chi connectivity index (χ1v) is 9.10. The number of rotatable bonds is 6. The molecule has 2 rings (SSSR count). The number of benzene rings is 1. The van der Waals surface area contributed by atoms with Crippen LogP contribution in [-0.4, -0.2) is 17.0 Å². The molecule has 1 atom stereocenters. The molecule has 0 amide bonds. The lowest BCUT2D eigenvalue weighted by Gasteiger charge is -2.14. The van der Waals surface area contributed by atoms with Gasteiger partial charge in [0.05, 0.1) is 6.07 Å². The van der Waals surface area contributed by atoms with E-state index in [-0.39, 0.29) is 0 Å². The van der Waals surface area contributed by atoms with E-state index in [1.165, 1.54) is 11.1 Å². The first-order chi connectivity index (χ1) is 9.85. The van der Waals surface area contributed by atoms with E-state index in [1.807, 2.05) is 22.9 Å². The van der Waals surface area contributed by atoms with Crippen molar-refractivity contribution in [3.8, 4) is 17.2 Å². The summed E-state index contributed by atoms with van der Waals surface area (Å²) < 4.78 is 0. The highest BCUT2D eigenvalue weighted by Crippen LogP contribution is 2.31. The highest BCUT2D eigenvalue weighted by molar-refractivity contribution is 8.76. The van der Waals surface area contributed by atoms with Crippen LogP contribution in [0.3, 0.4) is 0 Å². The zero-order valence-electron chi connectivity index (χ0n) is 11.3. The topological polar surface area (TPSA) is 36.7 Å². The first-order valence-electron chi connectivity index (χ1n) is 6.38. The van der Waals surface area contributed by atoms with Crippen molar-refractivity contribution in [1.82, 2.24) is 4.98 Å². The maximum atomic E-state index is 9.01. The Morgan fingerprint density at radius 3 is 2.70 bits per heavy atom. The number of nitrogens with zero attached hydrogens (tertiary/aromatic N) is 2. The monoisotopic (exact) mass is 300 g/mol. The van der Waals surface area contributed by atoms with Crippen molar-refractivity contribution in [2.24, 2.45) is 0 Å². The highest BCUT2D eigenvalue weighted by atomic mass is 33.1. The maximum absolute atomic E-state index is 9.01. The Balaban J connectivity index is 2.26. The number of pyridine rings is 1. The molecule has 0 aliphatic rings. The predicted octanol–water partition coefficient (Wildman–Crippen LogP) is 4.76.